The van der Waals surface area contributed by atoms with Gasteiger partial charge in [0.2, 0.25) is 0 Å². The number of rotatable bonds is 0. The summed E-state index contributed by atoms with van der Waals surface area (Å²) in [6.45, 7) is 3.27. The molecule has 0 aromatic heterocycles. The quantitative estimate of drug-likeness (QED) is 0.572. The molecule has 0 spiro atoms. The fourth-order valence-electron chi connectivity index (χ4n) is 2.76. The van der Waals surface area contributed by atoms with Gasteiger partial charge in [0.15, 0.2) is 0 Å². The van der Waals surface area contributed by atoms with Crippen LogP contribution in [0.25, 0.3) is 0 Å². The van der Waals surface area contributed by atoms with Crippen LogP contribution in [0.15, 0.2) is 11.3 Å². The van der Waals surface area contributed by atoms with Crippen LogP contribution >= 0.6 is 0 Å². The fourth-order valence-corrected chi connectivity index (χ4v) is 2.76. The van der Waals surface area contributed by atoms with Gasteiger partial charge in [-0.05, 0) is 37.2 Å². The van der Waals surface area contributed by atoms with E-state index in [0.29, 0.717) is 0 Å². The van der Waals surface area contributed by atoms with E-state index in [1.807, 2.05) is 0 Å². The fraction of sp³-hybridized carbons (Fsp3) is 0.857. The van der Waals surface area contributed by atoms with Gasteiger partial charge >= 0.3 is 0 Å². The molecule has 1 heteroatoms. The van der Waals surface area contributed by atoms with Gasteiger partial charge in [-0.25, -0.2) is 0 Å². The van der Waals surface area contributed by atoms with E-state index < -0.39 is 0 Å². The SMILES string of the molecule is C[C@H]1COC2=C(CCCCCCCC2)C1. The van der Waals surface area contributed by atoms with Crippen LogP contribution in [0.2, 0.25) is 0 Å². The molecule has 1 aliphatic carbocycles. The highest BCUT2D eigenvalue weighted by Gasteiger charge is 2.19. The normalized spacial score (nSPS) is 29.3. The first-order chi connectivity index (χ1) is 7.36. The molecule has 1 aliphatic heterocycles. The Bertz CT molecular complexity index is 229. The van der Waals surface area contributed by atoms with Crippen LogP contribution in [0.1, 0.15) is 64.7 Å². The molecule has 0 fully saturated rings. The third-order valence-corrected chi connectivity index (χ3v) is 3.66. The molecule has 0 saturated carbocycles. The van der Waals surface area contributed by atoms with Crippen LogP contribution in [0.5, 0.6) is 0 Å². The largest absolute Gasteiger partial charge is 0.498 e. The van der Waals surface area contributed by atoms with E-state index in [9.17, 15) is 0 Å². The van der Waals surface area contributed by atoms with Crippen LogP contribution in [0.4, 0.5) is 0 Å². The number of hydrogen-bond donors (Lipinski definition) is 0. The molecule has 0 unspecified atom stereocenters. The van der Waals surface area contributed by atoms with Crippen molar-refractivity contribution in [3.05, 3.63) is 11.3 Å². The molecule has 86 valence electrons. The molecule has 1 atom stereocenters. The molecular weight excluding hydrogens is 184 g/mol. The lowest BCUT2D eigenvalue weighted by Crippen LogP contribution is -2.15. The van der Waals surface area contributed by atoms with E-state index in [0.717, 1.165) is 12.5 Å². The highest BCUT2D eigenvalue weighted by Crippen LogP contribution is 2.31. The Hall–Kier alpha value is -0.460. The van der Waals surface area contributed by atoms with Crippen molar-refractivity contribution in [3.8, 4) is 0 Å². The standard InChI is InChI=1S/C14H24O/c1-12-10-13-8-6-4-2-3-5-7-9-14(13)15-11-12/h12H,2-11H2,1H3/t12-/m1/s1. The summed E-state index contributed by atoms with van der Waals surface area (Å²) in [6, 6.07) is 0. The van der Waals surface area contributed by atoms with Gasteiger partial charge in [-0.3, -0.25) is 0 Å². The summed E-state index contributed by atoms with van der Waals surface area (Å²) in [5.74, 6) is 2.11. The molecule has 1 heterocycles. The number of allylic oxidation sites excluding steroid dienone is 2. The lowest BCUT2D eigenvalue weighted by atomic mass is 9.91. The van der Waals surface area contributed by atoms with Gasteiger partial charge < -0.3 is 4.74 Å². The molecule has 0 bridgehead atoms. The highest BCUT2D eigenvalue weighted by atomic mass is 16.5. The Labute approximate surface area is 93.9 Å². The number of hydrogen-bond acceptors (Lipinski definition) is 1. The van der Waals surface area contributed by atoms with Gasteiger partial charge in [-0.1, -0.05) is 32.6 Å². The third-order valence-electron chi connectivity index (χ3n) is 3.66. The van der Waals surface area contributed by atoms with Gasteiger partial charge in [0.25, 0.3) is 0 Å². The van der Waals surface area contributed by atoms with Gasteiger partial charge in [0.1, 0.15) is 0 Å². The van der Waals surface area contributed by atoms with Crippen molar-refractivity contribution in [2.24, 2.45) is 5.92 Å². The van der Waals surface area contributed by atoms with E-state index in [1.54, 1.807) is 5.57 Å². The van der Waals surface area contributed by atoms with E-state index in [4.69, 9.17) is 4.74 Å². The van der Waals surface area contributed by atoms with Crippen LogP contribution < -0.4 is 0 Å². The van der Waals surface area contributed by atoms with Crippen molar-refractivity contribution < 1.29 is 4.74 Å². The lowest BCUT2D eigenvalue weighted by molar-refractivity contribution is 0.136. The highest BCUT2D eigenvalue weighted by molar-refractivity contribution is 5.12. The molecule has 0 aromatic carbocycles. The molecule has 2 aliphatic rings. The van der Waals surface area contributed by atoms with E-state index in [-0.39, 0.29) is 0 Å². The maximum absolute atomic E-state index is 5.91. The molecule has 0 radical (unpaired) electrons. The maximum Gasteiger partial charge on any atom is 0.0951 e. The van der Waals surface area contributed by atoms with Crippen molar-refractivity contribution in [1.29, 1.82) is 0 Å². The van der Waals surface area contributed by atoms with Crippen molar-refractivity contribution in [3.63, 3.8) is 0 Å². The first-order valence-electron chi connectivity index (χ1n) is 6.70. The summed E-state index contributed by atoms with van der Waals surface area (Å²) in [4.78, 5) is 0. The van der Waals surface area contributed by atoms with E-state index >= 15 is 0 Å². The summed E-state index contributed by atoms with van der Waals surface area (Å²) in [7, 11) is 0. The lowest BCUT2D eigenvalue weighted by Gasteiger charge is -2.26. The monoisotopic (exact) mass is 208 g/mol. The van der Waals surface area contributed by atoms with Crippen LogP contribution in [0.3, 0.4) is 0 Å². The smallest absolute Gasteiger partial charge is 0.0951 e. The van der Waals surface area contributed by atoms with E-state index in [1.165, 1.54) is 63.5 Å². The zero-order valence-corrected chi connectivity index (χ0v) is 10.1. The molecule has 0 saturated heterocycles. The Kier molecular flexibility index (Phi) is 4.10. The van der Waals surface area contributed by atoms with Crippen molar-refractivity contribution in [1.82, 2.24) is 0 Å². The van der Waals surface area contributed by atoms with Crippen molar-refractivity contribution >= 4 is 0 Å². The predicted molar refractivity (Wildman–Crippen MR) is 63.7 cm³/mol. The van der Waals surface area contributed by atoms with Gasteiger partial charge in [-0.2, -0.15) is 0 Å². The van der Waals surface area contributed by atoms with Gasteiger partial charge in [0.05, 0.1) is 12.4 Å². The zero-order chi connectivity index (χ0) is 10.5. The van der Waals surface area contributed by atoms with Crippen LogP contribution in [-0.4, -0.2) is 6.61 Å². The van der Waals surface area contributed by atoms with Gasteiger partial charge in [0, 0.05) is 6.42 Å². The second-order valence-corrected chi connectivity index (χ2v) is 5.27. The van der Waals surface area contributed by atoms with Gasteiger partial charge in [-0.15, -0.1) is 0 Å². The minimum absolute atomic E-state index is 0.742. The van der Waals surface area contributed by atoms with Crippen LogP contribution in [0, 0.1) is 5.92 Å². The summed E-state index contributed by atoms with van der Waals surface area (Å²) in [6.07, 6.45) is 12.2. The average molecular weight is 208 g/mol. The maximum atomic E-state index is 5.91. The summed E-state index contributed by atoms with van der Waals surface area (Å²) < 4.78 is 5.91. The Morgan fingerprint density at radius 3 is 2.40 bits per heavy atom. The third kappa shape index (κ3) is 3.25. The predicted octanol–water partition coefficient (Wildman–Crippen LogP) is 4.43. The topological polar surface area (TPSA) is 9.23 Å². The summed E-state index contributed by atoms with van der Waals surface area (Å²) in [5, 5.41) is 0. The summed E-state index contributed by atoms with van der Waals surface area (Å²) >= 11 is 0. The summed E-state index contributed by atoms with van der Waals surface area (Å²) in [5.41, 5.74) is 1.65. The second kappa shape index (κ2) is 5.58. The molecule has 1 nitrogen and oxygen atoms in total. The first kappa shape index (κ1) is 11.0. The second-order valence-electron chi connectivity index (χ2n) is 5.27. The minimum Gasteiger partial charge on any atom is -0.498 e. The molecule has 0 N–H and O–H groups in total. The first-order valence-corrected chi connectivity index (χ1v) is 6.70. The Balaban J connectivity index is 2.00. The van der Waals surface area contributed by atoms with Crippen molar-refractivity contribution in [2.45, 2.75) is 64.7 Å². The van der Waals surface area contributed by atoms with E-state index in [2.05, 4.69) is 6.92 Å². The molecule has 2 rings (SSSR count). The zero-order valence-electron chi connectivity index (χ0n) is 10.1. The average Bonchev–Trinajstić information content (AvgIpc) is 2.25. The Morgan fingerprint density at radius 1 is 0.933 bits per heavy atom. The molecular formula is C14H24O. The molecule has 15 heavy (non-hydrogen) atoms. The van der Waals surface area contributed by atoms with Crippen molar-refractivity contribution in [2.75, 3.05) is 6.61 Å². The molecule has 0 amide bonds. The Morgan fingerprint density at radius 2 is 1.60 bits per heavy atom. The minimum atomic E-state index is 0.742. The molecule has 0 aromatic rings. The number of ether oxygens (including phenoxy) is 1. The van der Waals surface area contributed by atoms with Crippen LogP contribution in [-0.2, 0) is 4.74 Å².